The second-order valence-corrected chi connectivity index (χ2v) is 10.8. The lowest BCUT2D eigenvalue weighted by atomic mass is 9.99. The first-order valence-corrected chi connectivity index (χ1v) is 13.8. The summed E-state index contributed by atoms with van der Waals surface area (Å²) < 4.78 is 6.27. The molecule has 0 radical (unpaired) electrons. The molecule has 0 aliphatic carbocycles. The zero-order chi connectivity index (χ0) is 26.1. The molecule has 0 spiro atoms. The fourth-order valence-electron chi connectivity index (χ4n) is 5.46. The van der Waals surface area contributed by atoms with Gasteiger partial charge in [-0.1, -0.05) is 25.1 Å². The van der Waals surface area contributed by atoms with Crippen molar-refractivity contribution < 1.29 is 9.53 Å². The number of aromatic nitrogens is 3. The monoisotopic (exact) mass is 526 g/mol. The molecule has 2 saturated heterocycles. The van der Waals surface area contributed by atoms with Crippen molar-refractivity contribution in [3.05, 3.63) is 77.6 Å². The quantitative estimate of drug-likeness (QED) is 0.356. The van der Waals surface area contributed by atoms with Gasteiger partial charge >= 0.3 is 0 Å². The zero-order valence-corrected chi connectivity index (χ0v) is 22.3. The van der Waals surface area contributed by atoms with Gasteiger partial charge in [0, 0.05) is 42.2 Å². The molecule has 1 amide bonds. The molecule has 0 saturated carbocycles. The molecule has 8 nitrogen and oxygen atoms in total. The standard InChI is InChI=1S/C29H30N6O2S/c1-19-11-13-34-14-15-35(17-25(19)34)27-20(2)26(37-22-6-4-3-5-7-22)9-8-23(27)32-28(36)24-18-38-29(33-24)21-10-12-30-31-16-21/h3-10,12,16,18-19,25H,11,13-15,17H2,1-2H3,(H,32,36)/t19-,25+/m0/s1. The van der Waals surface area contributed by atoms with E-state index in [1.165, 1.54) is 24.3 Å². The third-order valence-electron chi connectivity index (χ3n) is 7.55. The average molecular weight is 527 g/mol. The maximum atomic E-state index is 13.4. The molecule has 2 atom stereocenters. The SMILES string of the molecule is Cc1c(Oc2ccccc2)ccc(NC(=O)c2csc(-c3ccnnc3)n2)c1N1CCN2CC[C@H](C)[C@H]2C1. The van der Waals surface area contributed by atoms with Crippen LogP contribution in [0.15, 0.2) is 66.3 Å². The minimum atomic E-state index is -0.236. The van der Waals surface area contributed by atoms with E-state index in [2.05, 4.69) is 44.1 Å². The molecule has 2 aliphatic heterocycles. The molecule has 194 valence electrons. The molecule has 0 unspecified atom stereocenters. The molecule has 2 fully saturated rings. The Kier molecular flexibility index (Phi) is 6.78. The predicted octanol–water partition coefficient (Wildman–Crippen LogP) is 5.48. The first kappa shape index (κ1) is 24.5. The van der Waals surface area contributed by atoms with Gasteiger partial charge in [0.25, 0.3) is 5.91 Å². The van der Waals surface area contributed by atoms with Crippen LogP contribution in [0.5, 0.6) is 11.5 Å². The molecule has 9 heteroatoms. The lowest BCUT2D eigenvalue weighted by Gasteiger charge is -2.41. The highest BCUT2D eigenvalue weighted by molar-refractivity contribution is 7.13. The Bertz CT molecular complexity index is 1430. The topological polar surface area (TPSA) is 83.5 Å². The van der Waals surface area contributed by atoms with Crippen molar-refractivity contribution in [3.8, 4) is 22.1 Å². The Morgan fingerprint density at radius 2 is 1.95 bits per heavy atom. The molecule has 0 bridgehead atoms. The number of para-hydroxylation sites is 1. The minimum absolute atomic E-state index is 0.236. The number of nitrogens with zero attached hydrogens (tertiary/aromatic N) is 5. The zero-order valence-electron chi connectivity index (χ0n) is 21.5. The molecule has 38 heavy (non-hydrogen) atoms. The number of anilines is 2. The smallest absolute Gasteiger partial charge is 0.275 e. The van der Waals surface area contributed by atoms with Gasteiger partial charge in [-0.2, -0.15) is 10.2 Å². The molecule has 2 aliphatic rings. The van der Waals surface area contributed by atoms with Crippen molar-refractivity contribution in [1.82, 2.24) is 20.1 Å². The number of hydrogen-bond acceptors (Lipinski definition) is 8. The summed E-state index contributed by atoms with van der Waals surface area (Å²) in [5.74, 6) is 1.98. The summed E-state index contributed by atoms with van der Waals surface area (Å²) in [6, 6.07) is 16.0. The van der Waals surface area contributed by atoms with E-state index < -0.39 is 0 Å². The fraction of sp³-hybridized carbons (Fsp3) is 0.310. The Labute approximate surface area is 226 Å². The maximum Gasteiger partial charge on any atom is 0.275 e. The van der Waals surface area contributed by atoms with Gasteiger partial charge in [0.05, 0.1) is 23.8 Å². The average Bonchev–Trinajstić information content (AvgIpc) is 3.59. The van der Waals surface area contributed by atoms with E-state index in [0.717, 1.165) is 58.6 Å². The molecule has 1 N–H and O–H groups in total. The van der Waals surface area contributed by atoms with Gasteiger partial charge in [0.2, 0.25) is 0 Å². The highest BCUT2D eigenvalue weighted by atomic mass is 32.1. The van der Waals surface area contributed by atoms with Gasteiger partial charge in [0.1, 0.15) is 22.2 Å². The highest BCUT2D eigenvalue weighted by Gasteiger charge is 2.37. The van der Waals surface area contributed by atoms with Crippen molar-refractivity contribution >= 4 is 28.6 Å². The van der Waals surface area contributed by atoms with Gasteiger partial charge in [-0.25, -0.2) is 4.98 Å². The second kappa shape index (κ2) is 10.5. The minimum Gasteiger partial charge on any atom is -0.457 e. The lowest BCUT2D eigenvalue weighted by molar-refractivity contribution is 0.102. The summed E-state index contributed by atoms with van der Waals surface area (Å²) in [5.41, 5.74) is 4.01. The number of fused-ring (bicyclic) bond motifs is 1. The van der Waals surface area contributed by atoms with Crippen LogP contribution in [0.2, 0.25) is 0 Å². The number of amides is 1. The van der Waals surface area contributed by atoms with E-state index in [0.29, 0.717) is 17.7 Å². The summed E-state index contributed by atoms with van der Waals surface area (Å²) in [5, 5.41) is 13.4. The number of ether oxygens (including phenoxy) is 1. The summed E-state index contributed by atoms with van der Waals surface area (Å²) in [6.45, 7) is 8.43. The van der Waals surface area contributed by atoms with Gasteiger partial charge in [-0.05, 0) is 56.1 Å². The summed E-state index contributed by atoms with van der Waals surface area (Å²) in [7, 11) is 0. The van der Waals surface area contributed by atoms with Crippen LogP contribution >= 0.6 is 11.3 Å². The van der Waals surface area contributed by atoms with Crippen LogP contribution in [-0.4, -0.2) is 58.2 Å². The van der Waals surface area contributed by atoms with Crippen LogP contribution in [0.25, 0.3) is 10.6 Å². The third-order valence-corrected chi connectivity index (χ3v) is 8.44. The van der Waals surface area contributed by atoms with Gasteiger partial charge in [-0.15, -0.1) is 11.3 Å². The normalized spacial score (nSPS) is 19.3. The van der Waals surface area contributed by atoms with Crippen LogP contribution in [0.1, 0.15) is 29.4 Å². The van der Waals surface area contributed by atoms with E-state index in [1.807, 2.05) is 48.5 Å². The molecular weight excluding hydrogens is 496 g/mol. The van der Waals surface area contributed by atoms with Crippen molar-refractivity contribution in [3.63, 3.8) is 0 Å². The van der Waals surface area contributed by atoms with Crippen LogP contribution < -0.4 is 15.0 Å². The number of nitrogens with one attached hydrogen (secondary N) is 1. The van der Waals surface area contributed by atoms with Crippen molar-refractivity contribution in [1.29, 1.82) is 0 Å². The molecule has 2 aromatic carbocycles. The van der Waals surface area contributed by atoms with Crippen LogP contribution in [0, 0.1) is 12.8 Å². The number of hydrogen-bond donors (Lipinski definition) is 1. The summed E-state index contributed by atoms with van der Waals surface area (Å²) in [4.78, 5) is 22.9. The number of thiazole rings is 1. The molecule has 4 aromatic rings. The number of carbonyl (C=O) groups excluding carboxylic acids is 1. The van der Waals surface area contributed by atoms with Crippen molar-refractivity contribution in [2.24, 2.45) is 5.92 Å². The second-order valence-electron chi connectivity index (χ2n) is 9.94. The number of benzene rings is 2. The van der Waals surface area contributed by atoms with Crippen molar-refractivity contribution in [2.45, 2.75) is 26.3 Å². The summed E-state index contributed by atoms with van der Waals surface area (Å²) >= 11 is 1.42. The van der Waals surface area contributed by atoms with Crippen LogP contribution in [0.3, 0.4) is 0 Å². The number of piperazine rings is 1. The fourth-order valence-corrected chi connectivity index (χ4v) is 6.25. The maximum absolute atomic E-state index is 13.4. The van der Waals surface area contributed by atoms with Gasteiger partial charge in [-0.3, -0.25) is 9.69 Å². The van der Waals surface area contributed by atoms with Crippen molar-refractivity contribution in [2.75, 3.05) is 36.4 Å². The molecule has 4 heterocycles. The van der Waals surface area contributed by atoms with E-state index in [9.17, 15) is 4.79 Å². The first-order valence-electron chi connectivity index (χ1n) is 13.0. The number of rotatable bonds is 6. The Balaban J connectivity index is 1.31. The first-order chi connectivity index (χ1) is 18.6. The Morgan fingerprint density at radius 1 is 1.08 bits per heavy atom. The lowest BCUT2D eigenvalue weighted by Crippen LogP contribution is -2.52. The molecule has 2 aromatic heterocycles. The van der Waals surface area contributed by atoms with E-state index in [1.54, 1.807) is 17.8 Å². The van der Waals surface area contributed by atoms with E-state index >= 15 is 0 Å². The predicted molar refractivity (Wildman–Crippen MR) is 150 cm³/mol. The largest absolute Gasteiger partial charge is 0.457 e. The van der Waals surface area contributed by atoms with Crippen LogP contribution in [0.4, 0.5) is 11.4 Å². The third kappa shape index (κ3) is 4.87. The molecule has 6 rings (SSSR count). The van der Waals surface area contributed by atoms with E-state index in [-0.39, 0.29) is 5.91 Å². The van der Waals surface area contributed by atoms with Gasteiger partial charge < -0.3 is 15.0 Å². The highest BCUT2D eigenvalue weighted by Crippen LogP contribution is 2.40. The Hall–Kier alpha value is -3.82. The van der Waals surface area contributed by atoms with E-state index in [4.69, 9.17) is 4.74 Å². The molecular formula is C29H30N6O2S. The summed E-state index contributed by atoms with van der Waals surface area (Å²) in [6.07, 6.45) is 4.50. The van der Waals surface area contributed by atoms with Crippen LogP contribution in [-0.2, 0) is 0 Å². The Morgan fingerprint density at radius 3 is 2.76 bits per heavy atom. The van der Waals surface area contributed by atoms with Gasteiger partial charge in [0.15, 0.2) is 0 Å². The number of carbonyl (C=O) groups is 1.